The molecule has 124 valence electrons. The summed E-state index contributed by atoms with van der Waals surface area (Å²) in [5, 5.41) is 12.0. The molecule has 9 heteroatoms. The monoisotopic (exact) mass is 338 g/mol. The van der Waals surface area contributed by atoms with Gasteiger partial charge in [0.2, 0.25) is 5.16 Å². The lowest BCUT2D eigenvalue weighted by Crippen LogP contribution is -2.13. The van der Waals surface area contributed by atoms with Crippen molar-refractivity contribution in [1.29, 1.82) is 0 Å². The van der Waals surface area contributed by atoms with Gasteiger partial charge in [-0.05, 0) is 36.4 Å². The molecular formula is C14H18N4O4S. The minimum Gasteiger partial charge on any atom is -0.493 e. The van der Waals surface area contributed by atoms with E-state index in [2.05, 4.69) is 15.5 Å². The summed E-state index contributed by atoms with van der Waals surface area (Å²) in [6.07, 6.45) is -0.148. The number of benzene rings is 1. The molecule has 0 N–H and O–H groups in total. The molecule has 0 aliphatic heterocycles. The number of carbonyl (C=O) groups is 1. The van der Waals surface area contributed by atoms with Crippen molar-refractivity contribution in [3.63, 3.8) is 0 Å². The Balaban J connectivity index is 2.16. The Morgan fingerprint density at radius 2 is 2.00 bits per heavy atom. The fourth-order valence-corrected chi connectivity index (χ4v) is 2.48. The summed E-state index contributed by atoms with van der Waals surface area (Å²) in [4.78, 5) is 11.6. The minimum absolute atomic E-state index is 0.131. The molecule has 0 aliphatic rings. The first-order valence-corrected chi connectivity index (χ1v) is 7.86. The lowest BCUT2D eigenvalue weighted by Gasteiger charge is -2.10. The minimum atomic E-state index is -0.313. The highest BCUT2D eigenvalue weighted by Gasteiger charge is 2.14. The predicted octanol–water partition coefficient (Wildman–Crippen LogP) is 1.72. The molecule has 0 unspecified atom stereocenters. The van der Waals surface area contributed by atoms with Crippen LogP contribution in [0.2, 0.25) is 0 Å². The maximum atomic E-state index is 11.6. The molecule has 0 atom stereocenters. The zero-order chi connectivity index (χ0) is 16.8. The average molecular weight is 338 g/mol. The van der Waals surface area contributed by atoms with Gasteiger partial charge in [0.1, 0.15) is 0 Å². The van der Waals surface area contributed by atoms with Crippen LogP contribution in [-0.2, 0) is 9.53 Å². The van der Waals surface area contributed by atoms with Crippen LogP contribution in [0.4, 0.5) is 0 Å². The fraction of sp³-hybridized carbons (Fsp3) is 0.429. The first-order chi connectivity index (χ1) is 11.0. The molecule has 0 radical (unpaired) electrons. The van der Waals surface area contributed by atoms with Crippen molar-refractivity contribution < 1.29 is 19.0 Å². The normalized spacial score (nSPS) is 10.7. The van der Waals surface area contributed by atoms with E-state index in [4.69, 9.17) is 14.2 Å². The Morgan fingerprint density at radius 1 is 1.26 bits per heavy atom. The van der Waals surface area contributed by atoms with E-state index in [0.717, 1.165) is 0 Å². The number of hydrogen-bond acceptors (Lipinski definition) is 8. The smallest absolute Gasteiger partial charge is 0.316 e. The quantitative estimate of drug-likeness (QED) is 0.557. The molecular weight excluding hydrogens is 320 g/mol. The summed E-state index contributed by atoms with van der Waals surface area (Å²) in [6, 6.07) is 5.32. The van der Waals surface area contributed by atoms with Gasteiger partial charge in [-0.15, -0.1) is 5.10 Å². The number of tetrazole rings is 1. The van der Waals surface area contributed by atoms with Gasteiger partial charge in [-0.2, -0.15) is 4.68 Å². The number of aromatic nitrogens is 4. The highest BCUT2D eigenvalue weighted by Crippen LogP contribution is 2.30. The van der Waals surface area contributed by atoms with Crippen molar-refractivity contribution in [2.75, 3.05) is 20.0 Å². The predicted molar refractivity (Wildman–Crippen MR) is 84.2 cm³/mol. The highest BCUT2D eigenvalue weighted by atomic mass is 32.2. The van der Waals surface area contributed by atoms with Crippen LogP contribution in [0.15, 0.2) is 23.4 Å². The lowest BCUT2D eigenvalue weighted by molar-refractivity contribution is -0.144. The number of rotatable bonds is 7. The zero-order valence-electron chi connectivity index (χ0n) is 13.3. The first-order valence-electron chi connectivity index (χ1n) is 6.88. The number of thioether (sulfide) groups is 1. The second-order valence-corrected chi connectivity index (χ2v) is 5.68. The summed E-state index contributed by atoms with van der Waals surface area (Å²) >= 11 is 1.20. The molecule has 1 aromatic heterocycles. The summed E-state index contributed by atoms with van der Waals surface area (Å²) in [7, 11) is 3.12. The van der Waals surface area contributed by atoms with Crippen LogP contribution < -0.4 is 9.47 Å². The van der Waals surface area contributed by atoms with Crippen molar-refractivity contribution in [1.82, 2.24) is 20.2 Å². The Labute approximate surface area is 138 Å². The summed E-state index contributed by atoms with van der Waals surface area (Å²) in [6.45, 7) is 3.60. The molecule has 0 amide bonds. The Bertz CT molecular complexity index is 675. The number of ether oxygens (including phenoxy) is 3. The number of carbonyl (C=O) groups excluding carboxylic acids is 1. The van der Waals surface area contributed by atoms with Crippen molar-refractivity contribution in [2.24, 2.45) is 0 Å². The van der Waals surface area contributed by atoms with Crippen LogP contribution in [0.3, 0.4) is 0 Å². The maximum Gasteiger partial charge on any atom is 0.316 e. The molecule has 0 fully saturated rings. The standard InChI is InChI=1S/C14H18N4O4S/c1-9(2)22-13(19)8-23-14-15-16-17-18(14)10-5-6-11(20-3)12(7-10)21-4/h5-7,9H,8H2,1-4H3. The molecule has 0 saturated heterocycles. The van der Waals surface area contributed by atoms with Gasteiger partial charge >= 0.3 is 5.97 Å². The van der Waals surface area contributed by atoms with Gasteiger partial charge < -0.3 is 14.2 Å². The molecule has 0 saturated carbocycles. The molecule has 23 heavy (non-hydrogen) atoms. The summed E-state index contributed by atoms with van der Waals surface area (Å²) in [5.41, 5.74) is 0.701. The van der Waals surface area contributed by atoms with Crippen molar-refractivity contribution in [2.45, 2.75) is 25.1 Å². The Kier molecular flexibility index (Phi) is 5.80. The molecule has 2 aromatic rings. The van der Waals surface area contributed by atoms with Gasteiger partial charge in [0.05, 0.1) is 31.8 Å². The van der Waals surface area contributed by atoms with Crippen molar-refractivity contribution >= 4 is 17.7 Å². The Hall–Kier alpha value is -2.29. The lowest BCUT2D eigenvalue weighted by atomic mass is 10.3. The second kappa shape index (κ2) is 7.82. The number of esters is 1. The molecule has 2 rings (SSSR count). The molecule has 0 aliphatic carbocycles. The first kappa shape index (κ1) is 17.1. The van der Waals surface area contributed by atoms with E-state index >= 15 is 0 Å². The van der Waals surface area contributed by atoms with Crippen LogP contribution in [0, 0.1) is 0 Å². The van der Waals surface area contributed by atoms with Crippen molar-refractivity contribution in [3.05, 3.63) is 18.2 Å². The maximum absolute atomic E-state index is 11.6. The van der Waals surface area contributed by atoms with Gasteiger partial charge in [0, 0.05) is 6.07 Å². The van der Waals surface area contributed by atoms with E-state index < -0.39 is 0 Å². The van der Waals surface area contributed by atoms with Gasteiger partial charge in [0.15, 0.2) is 11.5 Å². The largest absolute Gasteiger partial charge is 0.493 e. The van der Waals surface area contributed by atoms with Gasteiger partial charge in [-0.3, -0.25) is 4.79 Å². The molecule has 1 heterocycles. The summed E-state index contributed by atoms with van der Waals surface area (Å²) in [5.74, 6) is 0.993. The molecule has 0 spiro atoms. The fourth-order valence-electron chi connectivity index (χ4n) is 1.81. The summed E-state index contributed by atoms with van der Waals surface area (Å²) < 4.78 is 17.1. The van der Waals surface area contributed by atoms with E-state index in [1.165, 1.54) is 16.4 Å². The van der Waals surface area contributed by atoms with E-state index in [9.17, 15) is 4.79 Å². The molecule has 0 bridgehead atoms. The van der Waals surface area contributed by atoms with Gasteiger partial charge in [-0.1, -0.05) is 11.8 Å². The van der Waals surface area contributed by atoms with Crippen LogP contribution in [0.1, 0.15) is 13.8 Å². The highest BCUT2D eigenvalue weighted by molar-refractivity contribution is 7.99. The number of methoxy groups -OCH3 is 2. The van der Waals surface area contributed by atoms with E-state index in [0.29, 0.717) is 22.3 Å². The van der Waals surface area contributed by atoms with Crippen LogP contribution in [0.5, 0.6) is 11.5 Å². The van der Waals surface area contributed by atoms with Crippen LogP contribution in [0.25, 0.3) is 5.69 Å². The third kappa shape index (κ3) is 4.35. The third-order valence-corrected chi connectivity index (χ3v) is 3.63. The van der Waals surface area contributed by atoms with Crippen LogP contribution >= 0.6 is 11.8 Å². The molecule has 8 nitrogen and oxygen atoms in total. The third-order valence-electron chi connectivity index (χ3n) is 2.74. The van der Waals surface area contributed by atoms with Crippen molar-refractivity contribution in [3.8, 4) is 17.2 Å². The number of hydrogen-bond donors (Lipinski definition) is 0. The van der Waals surface area contributed by atoms with E-state index in [1.54, 1.807) is 46.3 Å². The Morgan fingerprint density at radius 3 is 2.65 bits per heavy atom. The second-order valence-electron chi connectivity index (χ2n) is 4.74. The topological polar surface area (TPSA) is 88.4 Å². The number of nitrogens with zero attached hydrogens (tertiary/aromatic N) is 4. The van der Waals surface area contributed by atoms with Crippen LogP contribution in [-0.4, -0.2) is 52.3 Å². The zero-order valence-corrected chi connectivity index (χ0v) is 14.2. The molecule has 1 aromatic carbocycles. The van der Waals surface area contributed by atoms with E-state index in [1.807, 2.05) is 0 Å². The van der Waals surface area contributed by atoms with E-state index in [-0.39, 0.29) is 17.8 Å². The van der Waals surface area contributed by atoms with Gasteiger partial charge in [0.25, 0.3) is 0 Å². The SMILES string of the molecule is COc1ccc(-n2nnnc2SCC(=O)OC(C)C)cc1OC. The average Bonchev–Trinajstić information content (AvgIpc) is 3.00. The van der Waals surface area contributed by atoms with Gasteiger partial charge in [-0.25, -0.2) is 0 Å².